The average Bonchev–Trinajstić information content (AvgIpc) is 2.57. The van der Waals surface area contributed by atoms with Crippen LogP contribution >= 0.6 is 0 Å². The van der Waals surface area contributed by atoms with Gasteiger partial charge in [-0.1, -0.05) is 5.16 Å². The van der Waals surface area contributed by atoms with Crippen LogP contribution in [0.5, 0.6) is 0 Å². The molecule has 0 saturated heterocycles. The van der Waals surface area contributed by atoms with Crippen LogP contribution in [0.1, 0.15) is 19.2 Å². The van der Waals surface area contributed by atoms with Crippen LogP contribution in [0, 0.1) is 11.8 Å². The second-order valence-electron chi connectivity index (χ2n) is 2.20. The van der Waals surface area contributed by atoms with Gasteiger partial charge in [0.05, 0.1) is 6.54 Å². The van der Waals surface area contributed by atoms with E-state index in [0.29, 0.717) is 12.4 Å². The van der Waals surface area contributed by atoms with Crippen LogP contribution in [-0.4, -0.2) is 16.7 Å². The zero-order valence-corrected chi connectivity index (χ0v) is 7.00. The van der Waals surface area contributed by atoms with Gasteiger partial charge in [-0.3, -0.25) is 0 Å². The SMILES string of the molecule is CC#CCCNCc1ncon1. The van der Waals surface area contributed by atoms with Gasteiger partial charge in [0.25, 0.3) is 0 Å². The van der Waals surface area contributed by atoms with Gasteiger partial charge in [0.2, 0.25) is 6.39 Å². The van der Waals surface area contributed by atoms with Crippen LogP contribution in [0.4, 0.5) is 0 Å². The Hall–Kier alpha value is -1.34. The molecule has 4 heteroatoms. The van der Waals surface area contributed by atoms with Crippen LogP contribution < -0.4 is 5.32 Å². The maximum Gasteiger partial charge on any atom is 0.213 e. The standard InChI is InChI=1S/C8H11N3O/c1-2-3-4-5-9-6-8-10-7-12-11-8/h7,9H,4-6H2,1H3. The van der Waals surface area contributed by atoms with E-state index < -0.39 is 0 Å². The summed E-state index contributed by atoms with van der Waals surface area (Å²) in [5, 5.41) is 6.78. The third-order valence-corrected chi connectivity index (χ3v) is 1.29. The van der Waals surface area contributed by atoms with Gasteiger partial charge in [-0.2, -0.15) is 4.98 Å². The van der Waals surface area contributed by atoms with E-state index in [1.165, 1.54) is 6.39 Å². The van der Waals surface area contributed by atoms with Crippen molar-refractivity contribution < 1.29 is 4.52 Å². The smallest absolute Gasteiger partial charge is 0.213 e. The van der Waals surface area contributed by atoms with E-state index in [2.05, 4.69) is 31.8 Å². The van der Waals surface area contributed by atoms with Crippen LogP contribution in [0.15, 0.2) is 10.9 Å². The van der Waals surface area contributed by atoms with Crippen molar-refractivity contribution in [3.63, 3.8) is 0 Å². The maximum absolute atomic E-state index is 4.56. The van der Waals surface area contributed by atoms with Crippen molar-refractivity contribution in [1.82, 2.24) is 15.5 Å². The highest BCUT2D eigenvalue weighted by molar-refractivity contribution is 4.95. The first kappa shape index (κ1) is 8.75. The Morgan fingerprint density at radius 2 is 2.58 bits per heavy atom. The lowest BCUT2D eigenvalue weighted by molar-refractivity contribution is 0.407. The number of hydrogen-bond acceptors (Lipinski definition) is 4. The van der Waals surface area contributed by atoms with Crippen molar-refractivity contribution in [2.24, 2.45) is 0 Å². The van der Waals surface area contributed by atoms with Crippen molar-refractivity contribution in [2.75, 3.05) is 6.54 Å². The first-order valence-electron chi connectivity index (χ1n) is 3.79. The summed E-state index contributed by atoms with van der Waals surface area (Å²) in [6.07, 6.45) is 2.18. The molecule has 0 saturated carbocycles. The van der Waals surface area contributed by atoms with Crippen LogP contribution in [-0.2, 0) is 6.54 Å². The Morgan fingerprint density at radius 1 is 1.67 bits per heavy atom. The fraction of sp³-hybridized carbons (Fsp3) is 0.500. The monoisotopic (exact) mass is 165 g/mol. The quantitative estimate of drug-likeness (QED) is 0.523. The molecule has 0 bridgehead atoms. The highest BCUT2D eigenvalue weighted by Crippen LogP contribution is 1.86. The van der Waals surface area contributed by atoms with E-state index in [-0.39, 0.29) is 0 Å². The number of rotatable bonds is 4. The Balaban J connectivity index is 2.06. The summed E-state index contributed by atoms with van der Waals surface area (Å²) >= 11 is 0. The normalized spacial score (nSPS) is 9.08. The van der Waals surface area contributed by atoms with Crippen molar-refractivity contribution in [2.45, 2.75) is 19.9 Å². The van der Waals surface area contributed by atoms with E-state index in [0.717, 1.165) is 13.0 Å². The Morgan fingerprint density at radius 3 is 3.25 bits per heavy atom. The first-order chi connectivity index (χ1) is 5.93. The lowest BCUT2D eigenvalue weighted by atomic mass is 10.4. The highest BCUT2D eigenvalue weighted by atomic mass is 16.5. The van der Waals surface area contributed by atoms with Gasteiger partial charge in [-0.25, -0.2) is 0 Å². The lowest BCUT2D eigenvalue weighted by Crippen LogP contribution is -2.14. The molecule has 0 atom stereocenters. The number of hydrogen-bond donors (Lipinski definition) is 1. The molecule has 1 heterocycles. The molecule has 4 nitrogen and oxygen atoms in total. The Labute approximate surface area is 71.4 Å². The first-order valence-corrected chi connectivity index (χ1v) is 3.79. The van der Waals surface area contributed by atoms with Gasteiger partial charge >= 0.3 is 0 Å². The maximum atomic E-state index is 4.56. The summed E-state index contributed by atoms with van der Waals surface area (Å²) in [6.45, 7) is 3.33. The number of nitrogens with one attached hydrogen (secondary N) is 1. The van der Waals surface area contributed by atoms with Gasteiger partial charge in [-0.15, -0.1) is 11.8 Å². The molecule has 0 radical (unpaired) electrons. The third kappa shape index (κ3) is 3.17. The van der Waals surface area contributed by atoms with Gasteiger partial charge in [0.15, 0.2) is 5.82 Å². The summed E-state index contributed by atoms with van der Waals surface area (Å²) in [6, 6.07) is 0. The molecule has 1 rings (SSSR count). The van der Waals surface area contributed by atoms with Crippen LogP contribution in [0.25, 0.3) is 0 Å². The second-order valence-corrected chi connectivity index (χ2v) is 2.20. The van der Waals surface area contributed by atoms with E-state index in [4.69, 9.17) is 0 Å². The largest absolute Gasteiger partial charge is 0.343 e. The number of nitrogens with zero attached hydrogens (tertiary/aromatic N) is 2. The Kier molecular flexibility index (Phi) is 3.89. The third-order valence-electron chi connectivity index (χ3n) is 1.29. The van der Waals surface area contributed by atoms with E-state index in [1.54, 1.807) is 0 Å². The predicted octanol–water partition coefficient (Wildman–Crippen LogP) is 0.573. The average molecular weight is 165 g/mol. The zero-order chi connectivity index (χ0) is 8.65. The van der Waals surface area contributed by atoms with Gasteiger partial charge < -0.3 is 9.84 Å². The topological polar surface area (TPSA) is 51.0 Å². The molecular weight excluding hydrogens is 154 g/mol. The van der Waals surface area contributed by atoms with Gasteiger partial charge in [0.1, 0.15) is 0 Å². The van der Waals surface area contributed by atoms with Crippen molar-refractivity contribution >= 4 is 0 Å². The van der Waals surface area contributed by atoms with Gasteiger partial charge in [0, 0.05) is 13.0 Å². The fourth-order valence-electron chi connectivity index (χ4n) is 0.746. The molecule has 0 fully saturated rings. The van der Waals surface area contributed by atoms with E-state index in [9.17, 15) is 0 Å². The molecule has 0 aliphatic carbocycles. The highest BCUT2D eigenvalue weighted by Gasteiger charge is 1.94. The molecule has 1 aromatic heterocycles. The minimum Gasteiger partial charge on any atom is -0.343 e. The molecule has 0 unspecified atom stereocenters. The van der Waals surface area contributed by atoms with E-state index >= 15 is 0 Å². The van der Waals surface area contributed by atoms with E-state index in [1.807, 2.05) is 6.92 Å². The molecule has 0 spiro atoms. The molecule has 64 valence electrons. The molecule has 0 aliphatic rings. The van der Waals surface area contributed by atoms with Crippen molar-refractivity contribution in [3.8, 4) is 11.8 Å². The molecular formula is C8H11N3O. The molecule has 1 N–H and O–H groups in total. The molecule has 0 aliphatic heterocycles. The second kappa shape index (κ2) is 5.33. The molecule has 0 amide bonds. The zero-order valence-electron chi connectivity index (χ0n) is 7.00. The summed E-state index contributed by atoms with van der Waals surface area (Å²) in [5.41, 5.74) is 0. The lowest BCUT2D eigenvalue weighted by Gasteiger charge is -1.95. The van der Waals surface area contributed by atoms with Crippen molar-refractivity contribution in [1.29, 1.82) is 0 Å². The minimum atomic E-state index is 0.641. The Bertz CT molecular complexity index is 258. The fourth-order valence-corrected chi connectivity index (χ4v) is 0.746. The summed E-state index contributed by atoms with van der Waals surface area (Å²) in [5.74, 6) is 6.45. The summed E-state index contributed by atoms with van der Waals surface area (Å²) in [4.78, 5) is 3.86. The molecule has 1 aromatic rings. The molecule has 12 heavy (non-hydrogen) atoms. The van der Waals surface area contributed by atoms with Crippen LogP contribution in [0.3, 0.4) is 0 Å². The van der Waals surface area contributed by atoms with Gasteiger partial charge in [-0.05, 0) is 6.92 Å². The summed E-state index contributed by atoms with van der Waals surface area (Å²) in [7, 11) is 0. The van der Waals surface area contributed by atoms with Crippen molar-refractivity contribution in [3.05, 3.63) is 12.2 Å². The number of aromatic nitrogens is 2. The molecule has 0 aromatic carbocycles. The predicted molar refractivity (Wildman–Crippen MR) is 44.1 cm³/mol. The van der Waals surface area contributed by atoms with Crippen LogP contribution in [0.2, 0.25) is 0 Å². The summed E-state index contributed by atoms with van der Waals surface area (Å²) < 4.78 is 4.56. The minimum absolute atomic E-state index is 0.641.